The summed E-state index contributed by atoms with van der Waals surface area (Å²) in [6, 6.07) is 0.244. The molecule has 130 valence electrons. The van der Waals surface area contributed by atoms with Gasteiger partial charge in [-0.15, -0.1) is 0 Å². The molecule has 1 saturated carbocycles. The van der Waals surface area contributed by atoms with Gasteiger partial charge in [-0.3, -0.25) is 0 Å². The van der Waals surface area contributed by atoms with Gasteiger partial charge in [0.05, 0.1) is 12.7 Å². The van der Waals surface area contributed by atoms with Gasteiger partial charge in [0.1, 0.15) is 0 Å². The van der Waals surface area contributed by atoms with E-state index in [-0.39, 0.29) is 17.6 Å². The second-order valence-electron chi connectivity index (χ2n) is 7.97. The van der Waals surface area contributed by atoms with Crippen LogP contribution in [0, 0.1) is 11.3 Å². The Labute approximate surface area is 139 Å². The molecule has 0 aromatic heterocycles. The Morgan fingerprint density at radius 1 is 1.09 bits per heavy atom. The fraction of sp³-hybridized carbons (Fsp3) is 0.944. The zero-order chi connectivity index (χ0) is 15.7. The minimum atomic E-state index is 0.0285. The number of carbonyl (C=O) groups excluding carboxylic acids is 1. The summed E-state index contributed by atoms with van der Waals surface area (Å²) < 4.78 is 12.2. The summed E-state index contributed by atoms with van der Waals surface area (Å²) >= 11 is 0. The first-order valence-corrected chi connectivity index (χ1v) is 9.50. The molecule has 5 heteroatoms. The summed E-state index contributed by atoms with van der Waals surface area (Å²) in [7, 11) is 0. The molecule has 2 atom stereocenters. The quantitative estimate of drug-likeness (QED) is 0.798. The van der Waals surface area contributed by atoms with Gasteiger partial charge < -0.3 is 19.3 Å². The molecule has 4 aliphatic rings. The highest BCUT2D eigenvalue weighted by atomic mass is 16.5. The van der Waals surface area contributed by atoms with Gasteiger partial charge in [-0.1, -0.05) is 0 Å². The first kappa shape index (κ1) is 15.7. The predicted octanol–water partition coefficient (Wildman–Crippen LogP) is 2.50. The lowest BCUT2D eigenvalue weighted by Gasteiger charge is -2.50. The molecule has 0 spiro atoms. The van der Waals surface area contributed by atoms with Crippen LogP contribution in [0.3, 0.4) is 0 Å². The van der Waals surface area contributed by atoms with Crippen LogP contribution in [0.2, 0.25) is 0 Å². The Kier molecular flexibility index (Phi) is 4.50. The smallest absolute Gasteiger partial charge is 0.320 e. The summed E-state index contributed by atoms with van der Waals surface area (Å²) in [5.41, 5.74) is 0.0285. The lowest BCUT2D eigenvalue weighted by molar-refractivity contribution is -0.147. The lowest BCUT2D eigenvalue weighted by Crippen LogP contribution is -2.59. The largest absolute Gasteiger partial charge is 0.380 e. The van der Waals surface area contributed by atoms with Gasteiger partial charge in [-0.25, -0.2) is 4.79 Å². The third kappa shape index (κ3) is 3.36. The van der Waals surface area contributed by atoms with Crippen LogP contribution in [0.5, 0.6) is 0 Å². The van der Waals surface area contributed by atoms with E-state index in [0.29, 0.717) is 0 Å². The van der Waals surface area contributed by atoms with Crippen molar-refractivity contribution in [3.63, 3.8) is 0 Å². The van der Waals surface area contributed by atoms with Gasteiger partial charge in [0, 0.05) is 44.8 Å². The summed E-state index contributed by atoms with van der Waals surface area (Å²) in [6.07, 6.45) is 8.42. The van der Waals surface area contributed by atoms with E-state index in [1.54, 1.807) is 0 Å². The van der Waals surface area contributed by atoms with E-state index in [9.17, 15) is 4.79 Å². The third-order valence-corrected chi connectivity index (χ3v) is 6.08. The molecular formula is C18H30N2O3. The van der Waals surface area contributed by atoms with Crippen LogP contribution in [0.25, 0.3) is 0 Å². The van der Waals surface area contributed by atoms with Crippen molar-refractivity contribution in [2.75, 3.05) is 46.0 Å². The van der Waals surface area contributed by atoms with Crippen molar-refractivity contribution in [1.82, 2.24) is 9.80 Å². The van der Waals surface area contributed by atoms with Crippen LogP contribution in [0.15, 0.2) is 0 Å². The predicted molar refractivity (Wildman–Crippen MR) is 87.3 cm³/mol. The summed E-state index contributed by atoms with van der Waals surface area (Å²) in [4.78, 5) is 16.9. The molecule has 4 rings (SSSR count). The van der Waals surface area contributed by atoms with Crippen LogP contribution < -0.4 is 0 Å². The molecule has 1 aliphatic carbocycles. The minimum absolute atomic E-state index is 0.0285. The Hall–Kier alpha value is -0.810. The molecule has 3 aliphatic heterocycles. The number of hydrogen-bond donors (Lipinski definition) is 0. The van der Waals surface area contributed by atoms with Gasteiger partial charge in [0.15, 0.2) is 0 Å². The second-order valence-corrected chi connectivity index (χ2v) is 7.97. The first-order valence-electron chi connectivity index (χ1n) is 9.50. The van der Waals surface area contributed by atoms with Crippen molar-refractivity contribution in [2.45, 2.75) is 51.0 Å². The average Bonchev–Trinajstić information content (AvgIpc) is 3.24. The number of urea groups is 1. The van der Waals surface area contributed by atoms with E-state index in [0.717, 1.165) is 84.0 Å². The highest BCUT2D eigenvalue weighted by Gasteiger charge is 2.48. The van der Waals surface area contributed by atoms with Crippen molar-refractivity contribution in [3.05, 3.63) is 0 Å². The normalized spacial score (nSPS) is 34.5. The van der Waals surface area contributed by atoms with Gasteiger partial charge in [-0.2, -0.15) is 0 Å². The van der Waals surface area contributed by atoms with Gasteiger partial charge >= 0.3 is 6.03 Å². The second kappa shape index (κ2) is 6.60. The SMILES string of the molecule is O=C(N1CCCC1)N1CC[C@H]2OCCC[C@]2(COCC2CC2)C1. The van der Waals surface area contributed by atoms with Crippen molar-refractivity contribution in [2.24, 2.45) is 11.3 Å². The topological polar surface area (TPSA) is 42.0 Å². The number of ether oxygens (including phenoxy) is 2. The third-order valence-electron chi connectivity index (χ3n) is 6.08. The maximum atomic E-state index is 12.8. The van der Waals surface area contributed by atoms with Crippen LogP contribution in [-0.2, 0) is 9.47 Å². The number of rotatable bonds is 4. The van der Waals surface area contributed by atoms with Crippen molar-refractivity contribution >= 4 is 6.03 Å². The number of hydrogen-bond acceptors (Lipinski definition) is 3. The molecule has 5 nitrogen and oxygen atoms in total. The molecule has 0 aromatic rings. The monoisotopic (exact) mass is 322 g/mol. The summed E-state index contributed by atoms with van der Waals surface area (Å²) in [5.74, 6) is 0.792. The van der Waals surface area contributed by atoms with E-state index in [4.69, 9.17) is 9.47 Å². The number of piperidine rings is 1. The molecule has 23 heavy (non-hydrogen) atoms. The van der Waals surface area contributed by atoms with E-state index in [2.05, 4.69) is 4.90 Å². The molecule has 3 saturated heterocycles. The Balaban J connectivity index is 1.41. The molecule has 0 unspecified atom stereocenters. The average molecular weight is 322 g/mol. The Bertz CT molecular complexity index is 434. The highest BCUT2D eigenvalue weighted by molar-refractivity contribution is 5.75. The Morgan fingerprint density at radius 3 is 2.70 bits per heavy atom. The maximum Gasteiger partial charge on any atom is 0.320 e. The van der Waals surface area contributed by atoms with Crippen molar-refractivity contribution in [3.8, 4) is 0 Å². The molecule has 4 fully saturated rings. The maximum absolute atomic E-state index is 12.8. The van der Waals surface area contributed by atoms with E-state index in [1.807, 2.05) is 4.90 Å². The molecule has 0 bridgehead atoms. The number of carbonyl (C=O) groups is 1. The van der Waals surface area contributed by atoms with E-state index < -0.39 is 0 Å². The Morgan fingerprint density at radius 2 is 1.91 bits per heavy atom. The minimum Gasteiger partial charge on any atom is -0.380 e. The zero-order valence-corrected chi connectivity index (χ0v) is 14.2. The molecule has 0 N–H and O–H groups in total. The standard InChI is InChI=1S/C18H30N2O3/c21-17(19-8-1-2-9-19)20-10-6-16-18(13-20,7-3-11-23-16)14-22-12-15-4-5-15/h15-16H,1-14H2/t16-,18-/m1/s1. The van der Waals surface area contributed by atoms with Gasteiger partial charge in [-0.05, 0) is 50.9 Å². The van der Waals surface area contributed by atoms with Crippen molar-refractivity contribution < 1.29 is 14.3 Å². The highest BCUT2D eigenvalue weighted by Crippen LogP contribution is 2.41. The fourth-order valence-corrected chi connectivity index (χ4v) is 4.49. The van der Waals surface area contributed by atoms with E-state index in [1.165, 1.54) is 12.8 Å². The molecule has 3 heterocycles. The van der Waals surface area contributed by atoms with Gasteiger partial charge in [0.25, 0.3) is 0 Å². The van der Waals surface area contributed by atoms with E-state index >= 15 is 0 Å². The number of likely N-dealkylation sites (tertiary alicyclic amines) is 2. The van der Waals surface area contributed by atoms with Crippen molar-refractivity contribution in [1.29, 1.82) is 0 Å². The van der Waals surface area contributed by atoms with Crippen LogP contribution in [0.4, 0.5) is 4.79 Å². The summed E-state index contributed by atoms with van der Waals surface area (Å²) in [6.45, 7) is 6.05. The number of fused-ring (bicyclic) bond motifs is 1. The number of nitrogens with zero attached hydrogens (tertiary/aromatic N) is 2. The fourth-order valence-electron chi connectivity index (χ4n) is 4.49. The molecule has 0 aromatic carbocycles. The van der Waals surface area contributed by atoms with Crippen LogP contribution in [-0.4, -0.2) is 67.9 Å². The van der Waals surface area contributed by atoms with Gasteiger partial charge in [0.2, 0.25) is 0 Å². The molecule has 2 amide bonds. The summed E-state index contributed by atoms with van der Waals surface area (Å²) in [5, 5.41) is 0. The van der Waals surface area contributed by atoms with Crippen LogP contribution in [0.1, 0.15) is 44.9 Å². The molecule has 0 radical (unpaired) electrons. The lowest BCUT2D eigenvalue weighted by atomic mass is 9.73. The molecular weight excluding hydrogens is 292 g/mol. The van der Waals surface area contributed by atoms with Crippen LogP contribution >= 0.6 is 0 Å². The number of amides is 2. The zero-order valence-electron chi connectivity index (χ0n) is 14.2. The first-order chi connectivity index (χ1) is 11.3.